The Kier molecular flexibility index (Phi) is 4.90. The fourth-order valence-electron chi connectivity index (χ4n) is 1.58. The molecule has 82 valence electrons. The number of morpholine rings is 1. The number of carbonyl (C=O) groups excluding carboxylic acids is 1. The molecule has 1 rings (SSSR count). The first-order valence-electron chi connectivity index (χ1n) is 5.32. The van der Waals surface area contributed by atoms with Crippen molar-refractivity contribution in [3.63, 3.8) is 0 Å². The van der Waals surface area contributed by atoms with Crippen molar-refractivity contribution in [2.45, 2.75) is 25.9 Å². The molecule has 0 saturated carbocycles. The van der Waals surface area contributed by atoms with Gasteiger partial charge in [-0.3, -0.25) is 4.79 Å². The number of nitrogens with one attached hydrogen (secondary N) is 1. The molecule has 1 aliphatic heterocycles. The van der Waals surface area contributed by atoms with Gasteiger partial charge in [-0.05, 0) is 13.5 Å². The van der Waals surface area contributed by atoms with Crippen LogP contribution in [0, 0.1) is 0 Å². The topological polar surface area (TPSA) is 41.6 Å². The van der Waals surface area contributed by atoms with Crippen molar-refractivity contribution < 1.29 is 9.53 Å². The van der Waals surface area contributed by atoms with E-state index in [-0.39, 0.29) is 12.0 Å². The van der Waals surface area contributed by atoms with Crippen molar-refractivity contribution in [2.75, 3.05) is 33.3 Å². The summed E-state index contributed by atoms with van der Waals surface area (Å²) in [4.78, 5) is 13.6. The van der Waals surface area contributed by atoms with Crippen molar-refractivity contribution in [2.24, 2.45) is 0 Å². The van der Waals surface area contributed by atoms with E-state index in [0.717, 1.165) is 26.1 Å². The first-order valence-corrected chi connectivity index (χ1v) is 5.32. The smallest absolute Gasteiger partial charge is 0.224 e. The summed E-state index contributed by atoms with van der Waals surface area (Å²) in [6.45, 7) is 5.04. The monoisotopic (exact) mass is 200 g/mol. The summed E-state index contributed by atoms with van der Waals surface area (Å²) >= 11 is 0. The van der Waals surface area contributed by atoms with Crippen LogP contribution in [0.2, 0.25) is 0 Å². The maximum atomic E-state index is 11.6. The first-order chi connectivity index (χ1) is 6.77. The van der Waals surface area contributed by atoms with Gasteiger partial charge in [0.15, 0.2) is 0 Å². The van der Waals surface area contributed by atoms with Crippen LogP contribution in [0.5, 0.6) is 0 Å². The van der Waals surface area contributed by atoms with Gasteiger partial charge in [0.25, 0.3) is 0 Å². The third-order valence-corrected chi connectivity index (χ3v) is 2.54. The van der Waals surface area contributed by atoms with Gasteiger partial charge in [-0.15, -0.1) is 0 Å². The van der Waals surface area contributed by atoms with E-state index in [4.69, 9.17) is 4.74 Å². The van der Waals surface area contributed by atoms with Gasteiger partial charge in [-0.1, -0.05) is 6.92 Å². The molecule has 4 heteroatoms. The molecule has 0 aliphatic carbocycles. The van der Waals surface area contributed by atoms with Crippen LogP contribution < -0.4 is 5.32 Å². The zero-order valence-corrected chi connectivity index (χ0v) is 9.08. The average Bonchev–Trinajstić information content (AvgIpc) is 2.26. The van der Waals surface area contributed by atoms with E-state index >= 15 is 0 Å². The second kappa shape index (κ2) is 5.98. The highest BCUT2D eigenvalue weighted by Gasteiger charge is 2.22. The molecule has 0 aromatic carbocycles. The van der Waals surface area contributed by atoms with E-state index in [0.29, 0.717) is 13.0 Å². The lowest BCUT2D eigenvalue weighted by Gasteiger charge is -2.32. The molecule has 1 saturated heterocycles. The molecule has 0 bridgehead atoms. The van der Waals surface area contributed by atoms with Gasteiger partial charge in [0.2, 0.25) is 5.91 Å². The van der Waals surface area contributed by atoms with E-state index in [1.165, 1.54) is 0 Å². The summed E-state index contributed by atoms with van der Waals surface area (Å²) < 4.78 is 5.50. The molecule has 1 atom stereocenters. The van der Waals surface area contributed by atoms with Crippen molar-refractivity contribution in [1.29, 1.82) is 0 Å². The van der Waals surface area contributed by atoms with Gasteiger partial charge in [0.1, 0.15) is 0 Å². The van der Waals surface area contributed by atoms with Crippen molar-refractivity contribution in [1.82, 2.24) is 10.2 Å². The minimum atomic E-state index is 0.237. The normalized spacial score (nSPS) is 22.4. The van der Waals surface area contributed by atoms with Gasteiger partial charge in [-0.2, -0.15) is 0 Å². The Morgan fingerprint density at radius 2 is 2.43 bits per heavy atom. The van der Waals surface area contributed by atoms with Gasteiger partial charge in [-0.25, -0.2) is 0 Å². The number of rotatable bonds is 4. The predicted molar refractivity (Wildman–Crippen MR) is 55.2 cm³/mol. The van der Waals surface area contributed by atoms with Crippen LogP contribution in [0.3, 0.4) is 0 Å². The van der Waals surface area contributed by atoms with Gasteiger partial charge in [0, 0.05) is 26.1 Å². The second-order valence-electron chi connectivity index (χ2n) is 3.59. The fourth-order valence-corrected chi connectivity index (χ4v) is 1.58. The minimum Gasteiger partial charge on any atom is -0.375 e. The SMILES string of the molecule is CCC1CN(C(=O)CCNC)CCO1. The number of hydrogen-bond acceptors (Lipinski definition) is 3. The maximum Gasteiger partial charge on any atom is 0.224 e. The quantitative estimate of drug-likeness (QED) is 0.706. The van der Waals surface area contributed by atoms with E-state index in [9.17, 15) is 4.79 Å². The Bertz CT molecular complexity index is 185. The zero-order valence-electron chi connectivity index (χ0n) is 9.08. The van der Waals surface area contributed by atoms with Crippen molar-refractivity contribution in [3.05, 3.63) is 0 Å². The third-order valence-electron chi connectivity index (χ3n) is 2.54. The highest BCUT2D eigenvalue weighted by molar-refractivity contribution is 5.76. The molecule has 0 spiro atoms. The summed E-state index contributed by atoms with van der Waals surface area (Å²) in [5.41, 5.74) is 0. The number of ether oxygens (including phenoxy) is 1. The Hall–Kier alpha value is -0.610. The van der Waals surface area contributed by atoms with Gasteiger partial charge < -0.3 is 15.0 Å². The minimum absolute atomic E-state index is 0.237. The molecule has 1 aliphatic rings. The molecule has 1 N–H and O–H groups in total. The Morgan fingerprint density at radius 1 is 1.64 bits per heavy atom. The highest BCUT2D eigenvalue weighted by Crippen LogP contribution is 2.08. The van der Waals surface area contributed by atoms with Crippen molar-refractivity contribution >= 4 is 5.91 Å². The highest BCUT2D eigenvalue weighted by atomic mass is 16.5. The van der Waals surface area contributed by atoms with E-state index in [2.05, 4.69) is 12.2 Å². The molecular formula is C10H20N2O2. The summed E-state index contributed by atoms with van der Waals surface area (Å²) in [5, 5.41) is 2.98. The first kappa shape index (κ1) is 11.5. The lowest BCUT2D eigenvalue weighted by atomic mass is 10.2. The van der Waals surface area contributed by atoms with Crippen LogP contribution in [0.15, 0.2) is 0 Å². The van der Waals surface area contributed by atoms with E-state index < -0.39 is 0 Å². The molecule has 0 radical (unpaired) electrons. The molecule has 1 unspecified atom stereocenters. The molecule has 1 heterocycles. The second-order valence-corrected chi connectivity index (χ2v) is 3.59. The Morgan fingerprint density at radius 3 is 3.07 bits per heavy atom. The number of amides is 1. The molecule has 1 amide bonds. The molecule has 14 heavy (non-hydrogen) atoms. The predicted octanol–water partition coefficient (Wildman–Crippen LogP) is 0.233. The maximum absolute atomic E-state index is 11.6. The lowest BCUT2D eigenvalue weighted by Crippen LogP contribution is -2.45. The van der Waals surface area contributed by atoms with Crippen LogP contribution in [0.1, 0.15) is 19.8 Å². The Balaban J connectivity index is 2.31. The number of hydrogen-bond donors (Lipinski definition) is 1. The molecule has 0 aromatic heterocycles. The largest absolute Gasteiger partial charge is 0.375 e. The van der Waals surface area contributed by atoms with Crippen LogP contribution in [-0.4, -0.2) is 50.2 Å². The van der Waals surface area contributed by atoms with Gasteiger partial charge in [0.05, 0.1) is 12.7 Å². The lowest BCUT2D eigenvalue weighted by molar-refractivity contribution is -0.138. The summed E-state index contributed by atoms with van der Waals surface area (Å²) in [5.74, 6) is 0.237. The zero-order chi connectivity index (χ0) is 10.4. The van der Waals surface area contributed by atoms with E-state index in [1.54, 1.807) is 0 Å². The molecule has 1 fully saturated rings. The summed E-state index contributed by atoms with van der Waals surface area (Å²) in [7, 11) is 1.86. The third kappa shape index (κ3) is 3.27. The average molecular weight is 200 g/mol. The molecule has 4 nitrogen and oxygen atoms in total. The van der Waals surface area contributed by atoms with Crippen molar-refractivity contribution in [3.8, 4) is 0 Å². The fraction of sp³-hybridized carbons (Fsp3) is 0.900. The summed E-state index contributed by atoms with van der Waals surface area (Å²) in [6, 6.07) is 0. The standard InChI is InChI=1S/C10H20N2O2/c1-3-9-8-12(6-7-14-9)10(13)4-5-11-2/h9,11H,3-8H2,1-2H3. The van der Waals surface area contributed by atoms with Crippen LogP contribution >= 0.6 is 0 Å². The number of carbonyl (C=O) groups is 1. The van der Waals surface area contributed by atoms with Crippen LogP contribution in [0.25, 0.3) is 0 Å². The molecule has 0 aromatic rings. The number of nitrogens with zero attached hydrogens (tertiary/aromatic N) is 1. The Labute approximate surface area is 85.6 Å². The van der Waals surface area contributed by atoms with E-state index in [1.807, 2.05) is 11.9 Å². The van der Waals surface area contributed by atoms with Crippen LogP contribution in [0.4, 0.5) is 0 Å². The molecular weight excluding hydrogens is 180 g/mol. The van der Waals surface area contributed by atoms with Crippen LogP contribution in [-0.2, 0) is 9.53 Å². The van der Waals surface area contributed by atoms with Gasteiger partial charge >= 0.3 is 0 Å². The summed E-state index contributed by atoms with van der Waals surface area (Å²) in [6.07, 6.45) is 1.81.